The van der Waals surface area contributed by atoms with Crippen molar-refractivity contribution in [3.63, 3.8) is 0 Å². The lowest BCUT2D eigenvalue weighted by Crippen LogP contribution is -2.69. The molecule has 0 aliphatic carbocycles. The van der Waals surface area contributed by atoms with E-state index in [4.69, 9.17) is 0 Å². The number of carbonyl (C=O) groups is 2. The van der Waals surface area contributed by atoms with Gasteiger partial charge in [-0.25, -0.2) is 18.1 Å². The predicted octanol–water partition coefficient (Wildman–Crippen LogP) is 2.57. The Kier molecular flexibility index (Phi) is 6.34. The van der Waals surface area contributed by atoms with Crippen LogP contribution in [0, 0.1) is 0 Å². The van der Waals surface area contributed by atoms with Gasteiger partial charge in [-0.3, -0.25) is 9.59 Å². The molecule has 0 unspecified atom stereocenters. The summed E-state index contributed by atoms with van der Waals surface area (Å²) in [5, 5.41) is 19.4. The van der Waals surface area contributed by atoms with Crippen LogP contribution in [0.4, 0.5) is 0 Å². The van der Waals surface area contributed by atoms with Crippen LogP contribution in [0.1, 0.15) is 71.1 Å². The van der Waals surface area contributed by atoms with Gasteiger partial charge in [-0.05, 0) is 6.42 Å². The maximum Gasteiger partial charge on any atom is 0.489 e. The molecule has 0 aromatic heterocycles. The Morgan fingerprint density at radius 2 is 1.38 bits per heavy atom. The van der Waals surface area contributed by atoms with Crippen molar-refractivity contribution in [3.8, 4) is 0 Å². The van der Waals surface area contributed by atoms with E-state index in [9.17, 15) is 24.4 Å². The summed E-state index contributed by atoms with van der Waals surface area (Å²) in [5.41, 5.74) is 0. The van der Waals surface area contributed by atoms with Gasteiger partial charge in [0, 0.05) is 6.42 Å². The van der Waals surface area contributed by atoms with Gasteiger partial charge in [-0.15, -0.1) is 0 Å². The minimum atomic E-state index is -3.64. The third-order valence-electron chi connectivity index (χ3n) is 4.19. The number of rotatable bonds is 13. The van der Waals surface area contributed by atoms with E-state index in [2.05, 4.69) is 20.5 Å². The van der Waals surface area contributed by atoms with Gasteiger partial charge in [-0.2, -0.15) is 0 Å². The van der Waals surface area contributed by atoms with Crippen LogP contribution < -0.4 is 0 Å². The average Bonchev–Trinajstić information content (AvgIpc) is 2.48. The zero-order valence-corrected chi connectivity index (χ0v) is 14.8. The van der Waals surface area contributed by atoms with Crippen LogP contribution >= 0.6 is 7.82 Å². The van der Waals surface area contributed by atoms with Crippen molar-refractivity contribution in [2.45, 2.75) is 82.9 Å². The second-order valence-corrected chi connectivity index (χ2v) is 7.72. The highest BCUT2D eigenvalue weighted by Gasteiger charge is 2.82. The summed E-state index contributed by atoms with van der Waals surface area (Å²) in [5.74, 6) is -8.18. The molecule has 0 aromatic carbocycles. The first-order valence-electron chi connectivity index (χ1n) is 8.51. The maximum atomic E-state index is 11.8. The van der Waals surface area contributed by atoms with E-state index >= 15 is 0 Å². The van der Waals surface area contributed by atoms with Gasteiger partial charge in [0.25, 0.3) is 11.6 Å². The van der Waals surface area contributed by atoms with Gasteiger partial charge in [0.15, 0.2) is 5.78 Å². The second kappa shape index (κ2) is 7.72. The molecule has 3 fully saturated rings. The standard InChI is InChI=1S/C15H25O8P/c1-2-3-4-5-6-7-8-9-10-11-12(16)14(18,19)13(17)15-21-24(20,22-15)23-15/h18-19H,2-11H2,1H3. The smallest absolute Gasteiger partial charge is 0.354 e. The number of phosphoric ester groups is 1. The van der Waals surface area contributed by atoms with Crippen LogP contribution in [-0.4, -0.2) is 33.5 Å². The summed E-state index contributed by atoms with van der Waals surface area (Å²) in [7, 11) is -3.64. The Morgan fingerprint density at radius 1 is 0.917 bits per heavy atom. The molecule has 3 rings (SSSR count). The number of hydrogen-bond acceptors (Lipinski definition) is 8. The van der Waals surface area contributed by atoms with Crippen molar-refractivity contribution in [2.24, 2.45) is 0 Å². The topological polar surface area (TPSA) is 119 Å². The van der Waals surface area contributed by atoms with E-state index in [0.717, 1.165) is 25.7 Å². The van der Waals surface area contributed by atoms with Crippen molar-refractivity contribution in [2.75, 3.05) is 0 Å². The molecule has 9 heteroatoms. The number of phosphoric acid groups is 1. The first kappa shape index (κ1) is 19.7. The lowest BCUT2D eigenvalue weighted by atomic mass is 9.99. The Labute approximate surface area is 141 Å². The van der Waals surface area contributed by atoms with Crippen molar-refractivity contribution in [3.05, 3.63) is 0 Å². The Balaban J connectivity index is 1.60. The molecule has 0 amide bonds. The monoisotopic (exact) mass is 364 g/mol. The van der Waals surface area contributed by atoms with Gasteiger partial charge in [0.2, 0.25) is 0 Å². The van der Waals surface area contributed by atoms with E-state index in [1.807, 2.05) is 0 Å². The number of carbonyl (C=O) groups excluding carboxylic acids is 2. The lowest BCUT2D eigenvalue weighted by Gasteiger charge is -2.54. The molecule has 3 aliphatic heterocycles. The molecule has 138 valence electrons. The van der Waals surface area contributed by atoms with Crippen molar-refractivity contribution >= 4 is 19.4 Å². The van der Waals surface area contributed by atoms with Gasteiger partial charge in [0.05, 0.1) is 0 Å². The molecule has 24 heavy (non-hydrogen) atoms. The summed E-state index contributed by atoms with van der Waals surface area (Å²) in [6.45, 7) is 2.17. The van der Waals surface area contributed by atoms with Crippen LogP contribution in [0.2, 0.25) is 0 Å². The molecule has 3 saturated heterocycles. The quantitative estimate of drug-likeness (QED) is 0.221. The molecule has 0 atom stereocenters. The van der Waals surface area contributed by atoms with Crippen LogP contribution in [0.3, 0.4) is 0 Å². The van der Waals surface area contributed by atoms with Crippen LogP contribution in [0.25, 0.3) is 0 Å². The minimum absolute atomic E-state index is 0.150. The molecule has 0 spiro atoms. The molecule has 0 aromatic rings. The zero-order valence-electron chi connectivity index (χ0n) is 13.9. The summed E-state index contributed by atoms with van der Waals surface area (Å²) in [6, 6.07) is 0. The second-order valence-electron chi connectivity index (χ2n) is 6.28. The van der Waals surface area contributed by atoms with Crippen molar-refractivity contribution < 1.29 is 37.9 Å². The fraction of sp³-hybridized carbons (Fsp3) is 0.867. The SMILES string of the molecule is CCCCCCCCCCCC(=O)C(O)(O)C(=O)C12OP(=O)(O1)O2. The Hall–Kier alpha value is -0.630. The van der Waals surface area contributed by atoms with E-state index in [1.165, 1.54) is 25.7 Å². The number of ketones is 2. The van der Waals surface area contributed by atoms with Crippen LogP contribution in [-0.2, 0) is 27.7 Å². The molecule has 8 nitrogen and oxygen atoms in total. The first-order chi connectivity index (χ1) is 11.3. The lowest BCUT2D eigenvalue weighted by molar-refractivity contribution is -0.405. The zero-order chi connectivity index (χ0) is 17.8. The van der Waals surface area contributed by atoms with Crippen molar-refractivity contribution in [1.82, 2.24) is 0 Å². The van der Waals surface area contributed by atoms with E-state index < -0.39 is 31.1 Å². The summed E-state index contributed by atoms with van der Waals surface area (Å²) in [6.07, 6.45) is 9.20. The molecule has 0 saturated carbocycles. The number of unbranched alkanes of at least 4 members (excludes halogenated alkanes) is 8. The molecule has 2 bridgehead atoms. The van der Waals surface area contributed by atoms with Crippen LogP contribution in [0.5, 0.6) is 0 Å². The molecule has 3 heterocycles. The minimum Gasteiger partial charge on any atom is -0.354 e. The first-order valence-corrected chi connectivity index (χ1v) is 9.97. The molecular weight excluding hydrogens is 339 g/mol. The molecule has 0 radical (unpaired) electrons. The third-order valence-corrected chi connectivity index (χ3v) is 5.58. The number of hydrogen-bond donors (Lipinski definition) is 2. The highest BCUT2D eigenvalue weighted by atomic mass is 31.2. The van der Waals surface area contributed by atoms with Gasteiger partial charge in [0.1, 0.15) is 0 Å². The summed E-state index contributed by atoms with van der Waals surface area (Å²) < 4.78 is 24.5. The molecule has 3 aliphatic rings. The Morgan fingerprint density at radius 3 is 1.83 bits per heavy atom. The maximum absolute atomic E-state index is 11.8. The predicted molar refractivity (Wildman–Crippen MR) is 82.6 cm³/mol. The van der Waals surface area contributed by atoms with E-state index in [0.29, 0.717) is 6.42 Å². The van der Waals surface area contributed by atoms with Gasteiger partial charge in [-0.1, -0.05) is 58.3 Å². The van der Waals surface area contributed by atoms with Gasteiger partial charge >= 0.3 is 13.8 Å². The van der Waals surface area contributed by atoms with Gasteiger partial charge < -0.3 is 10.2 Å². The van der Waals surface area contributed by atoms with Crippen molar-refractivity contribution in [1.29, 1.82) is 0 Å². The number of Topliss-reactive ketones (excluding diaryl/α,β-unsaturated/α-hetero) is 2. The summed E-state index contributed by atoms with van der Waals surface area (Å²) in [4.78, 5) is 23.7. The van der Waals surface area contributed by atoms with E-state index in [-0.39, 0.29) is 6.42 Å². The Bertz CT molecular complexity index is 503. The third kappa shape index (κ3) is 4.12. The highest BCUT2D eigenvalue weighted by Crippen LogP contribution is 2.80. The number of aliphatic hydroxyl groups is 2. The molecule has 2 N–H and O–H groups in total. The highest BCUT2D eigenvalue weighted by molar-refractivity contribution is 7.52. The molecular formula is C15H25O8P. The fourth-order valence-corrected chi connectivity index (χ4v) is 3.87. The fourth-order valence-electron chi connectivity index (χ4n) is 2.70. The normalized spacial score (nSPS) is 28.1. The largest absolute Gasteiger partial charge is 0.489 e. The summed E-state index contributed by atoms with van der Waals surface area (Å²) >= 11 is 0. The van der Waals surface area contributed by atoms with Crippen LogP contribution in [0.15, 0.2) is 0 Å². The van der Waals surface area contributed by atoms with E-state index in [1.54, 1.807) is 0 Å². The average molecular weight is 364 g/mol.